The third kappa shape index (κ3) is 5.06. The van der Waals surface area contributed by atoms with Crippen LogP contribution in [-0.4, -0.2) is 40.8 Å². The molecule has 282 valence electrons. The molecule has 1 saturated carbocycles. The second-order valence-corrected chi connectivity index (χ2v) is 15.5. The highest BCUT2D eigenvalue weighted by Crippen LogP contribution is 2.65. The molecule has 10 rings (SSSR count). The largest absolute Gasteiger partial charge is 0.508 e. The number of carbonyl (C=O) groups excluding carboxylic acids is 4. The zero-order chi connectivity index (χ0) is 39.2. The van der Waals surface area contributed by atoms with E-state index in [-0.39, 0.29) is 30.4 Å². The van der Waals surface area contributed by atoms with Crippen LogP contribution in [-0.2, 0) is 24.6 Å². The van der Waals surface area contributed by atoms with E-state index >= 15 is 4.79 Å². The molecule has 3 fully saturated rings. The molecule has 1 N–H and O–H groups in total. The summed E-state index contributed by atoms with van der Waals surface area (Å²) in [5.41, 5.74) is 3.04. The van der Waals surface area contributed by atoms with Gasteiger partial charge in [-0.1, -0.05) is 77.8 Å². The lowest BCUT2D eigenvalue weighted by atomic mass is 9.49. The smallest absolute Gasteiger partial charge is 0.246 e. The molecule has 1 aromatic heterocycles. The van der Waals surface area contributed by atoms with Crippen LogP contribution in [0.4, 0.5) is 11.4 Å². The van der Waals surface area contributed by atoms with Crippen molar-refractivity contribution in [2.24, 2.45) is 23.7 Å². The average Bonchev–Trinajstić information content (AvgIpc) is 3.85. The number of aromatic hydroxyl groups is 1. The van der Waals surface area contributed by atoms with Crippen molar-refractivity contribution >= 4 is 57.7 Å². The zero-order valence-corrected chi connectivity index (χ0v) is 31.3. The van der Waals surface area contributed by atoms with Gasteiger partial charge in [0.2, 0.25) is 29.5 Å². The van der Waals surface area contributed by atoms with Crippen LogP contribution < -0.4 is 14.5 Å². The number of ether oxygens (including phenoxy) is 1. The van der Waals surface area contributed by atoms with Gasteiger partial charge in [0.05, 0.1) is 41.7 Å². The van der Waals surface area contributed by atoms with E-state index in [9.17, 15) is 19.5 Å². The molecule has 6 atom stereocenters. The van der Waals surface area contributed by atoms with Crippen LogP contribution in [0.15, 0.2) is 137 Å². The van der Waals surface area contributed by atoms with Crippen LogP contribution in [0.3, 0.4) is 0 Å². The fourth-order valence-electron chi connectivity index (χ4n) is 9.99. The van der Waals surface area contributed by atoms with Crippen molar-refractivity contribution in [2.45, 2.75) is 24.2 Å². The number of rotatable bonds is 6. The van der Waals surface area contributed by atoms with Gasteiger partial charge < -0.3 is 14.3 Å². The first-order valence-corrected chi connectivity index (χ1v) is 19.2. The molecule has 2 aliphatic heterocycles. The van der Waals surface area contributed by atoms with Crippen LogP contribution >= 0.6 is 11.6 Å². The Balaban J connectivity index is 1.10. The number of aromatic nitrogens is 1. The van der Waals surface area contributed by atoms with Crippen molar-refractivity contribution in [3.63, 3.8) is 0 Å². The third-order valence-electron chi connectivity index (χ3n) is 12.4. The molecule has 57 heavy (non-hydrogen) atoms. The monoisotopic (exact) mass is 775 g/mol. The number of nitrogens with zero attached hydrogens (tertiary/aromatic N) is 3. The molecule has 6 aromatic rings. The summed E-state index contributed by atoms with van der Waals surface area (Å²) >= 11 is 6.42. The van der Waals surface area contributed by atoms with Crippen molar-refractivity contribution in [3.8, 4) is 23.0 Å². The van der Waals surface area contributed by atoms with Gasteiger partial charge in [-0.25, -0.2) is 9.88 Å². The maximum absolute atomic E-state index is 15.4. The molecule has 11 heteroatoms. The molecule has 2 saturated heterocycles. The fourth-order valence-corrected chi connectivity index (χ4v) is 10.2. The van der Waals surface area contributed by atoms with Crippen LogP contribution in [0.25, 0.3) is 22.6 Å². The maximum atomic E-state index is 15.4. The molecule has 0 bridgehead atoms. The summed E-state index contributed by atoms with van der Waals surface area (Å²) in [4.78, 5) is 66.6. The van der Waals surface area contributed by atoms with Gasteiger partial charge in [-0.3, -0.25) is 24.1 Å². The van der Waals surface area contributed by atoms with Gasteiger partial charge in [-0.15, -0.1) is 0 Å². The zero-order valence-electron chi connectivity index (χ0n) is 30.5. The highest BCUT2D eigenvalue weighted by Gasteiger charge is 2.70. The highest BCUT2D eigenvalue weighted by molar-refractivity contribution is 6.32. The van der Waals surface area contributed by atoms with E-state index in [0.717, 1.165) is 11.1 Å². The number of carbonyl (C=O) groups is 4. The lowest BCUT2D eigenvalue weighted by Gasteiger charge is -2.50. The van der Waals surface area contributed by atoms with E-state index < -0.39 is 46.8 Å². The number of anilines is 2. The highest BCUT2D eigenvalue weighted by atomic mass is 35.5. The first kappa shape index (κ1) is 34.9. The van der Waals surface area contributed by atoms with Crippen molar-refractivity contribution in [3.05, 3.63) is 149 Å². The topological polar surface area (TPSA) is 130 Å². The minimum Gasteiger partial charge on any atom is -0.508 e. The van der Waals surface area contributed by atoms with Gasteiger partial charge in [0.15, 0.2) is 5.58 Å². The maximum Gasteiger partial charge on any atom is 0.246 e. The third-order valence-corrected chi connectivity index (χ3v) is 12.6. The summed E-state index contributed by atoms with van der Waals surface area (Å²) in [6, 6.07) is 35.2. The number of benzene rings is 5. The van der Waals surface area contributed by atoms with Crippen molar-refractivity contribution in [1.82, 2.24) is 4.98 Å². The van der Waals surface area contributed by atoms with Gasteiger partial charge in [-0.2, -0.15) is 0 Å². The van der Waals surface area contributed by atoms with E-state index in [1.165, 1.54) is 23.0 Å². The van der Waals surface area contributed by atoms with E-state index in [2.05, 4.69) is 4.98 Å². The second kappa shape index (κ2) is 13.0. The van der Waals surface area contributed by atoms with Gasteiger partial charge in [-0.05, 0) is 85.0 Å². The van der Waals surface area contributed by atoms with E-state index in [4.69, 9.17) is 20.8 Å². The number of phenols is 1. The molecule has 0 radical (unpaired) electrons. The number of phenolic OH excluding ortho intramolecular Hbond substituents is 1. The number of oxazole rings is 1. The lowest BCUT2D eigenvalue weighted by molar-refractivity contribution is -0.127. The molecular formula is C46H34ClN3O7. The van der Waals surface area contributed by atoms with Gasteiger partial charge >= 0.3 is 0 Å². The van der Waals surface area contributed by atoms with Crippen LogP contribution in [0.2, 0.25) is 5.02 Å². The number of para-hydroxylation sites is 2. The molecule has 5 aromatic carbocycles. The SMILES string of the molecule is COc1ccc(C2C3=CCC4C(=O)N(c5ccc(-c6nc7ccccc7o6)cc5)C(=O)C4C3CC3C(=O)N(c4cccc(Cl)c4)C(=O)C32c2ccccc2)c(O)c1. The molecule has 4 aliphatic rings. The van der Waals surface area contributed by atoms with Crippen LogP contribution in [0, 0.1) is 23.7 Å². The first-order chi connectivity index (χ1) is 27.7. The van der Waals surface area contributed by atoms with Crippen LogP contribution in [0.5, 0.6) is 11.5 Å². The Morgan fingerprint density at radius 2 is 1.56 bits per heavy atom. The Bertz CT molecular complexity index is 2660. The molecule has 0 spiro atoms. The summed E-state index contributed by atoms with van der Waals surface area (Å²) in [5.74, 6) is -4.83. The number of halogens is 1. The average molecular weight is 776 g/mol. The molecule has 6 unspecified atom stereocenters. The minimum absolute atomic E-state index is 0.118. The molecule has 2 aliphatic carbocycles. The Morgan fingerprint density at radius 1 is 0.789 bits per heavy atom. The Morgan fingerprint density at radius 3 is 2.30 bits per heavy atom. The van der Waals surface area contributed by atoms with E-state index in [1.54, 1.807) is 60.7 Å². The summed E-state index contributed by atoms with van der Waals surface area (Å²) in [6.45, 7) is 0. The van der Waals surface area contributed by atoms with Gasteiger partial charge in [0.25, 0.3) is 0 Å². The molecule has 4 amide bonds. The first-order valence-electron chi connectivity index (χ1n) is 18.8. The predicted molar refractivity (Wildman–Crippen MR) is 213 cm³/mol. The number of allylic oxidation sites excluding steroid dienone is 2. The fraction of sp³-hybridized carbons (Fsp3) is 0.196. The standard InChI is InChI=1S/C46H34ClN3O7/c1-56-30-18-19-32(37(51)23-30)40-31-20-21-33-39(44(54)49(42(33)52)28-16-14-25(15-17-28)41-48-36-12-5-6-13-38(36)57-41)34(31)24-35-43(53)50(29-11-7-10-27(47)22-29)45(55)46(35,40)26-8-3-2-4-9-26/h2-20,22-23,33-35,39-40,51H,21,24H2,1H3. The van der Waals surface area contributed by atoms with Crippen molar-refractivity contribution in [1.29, 1.82) is 0 Å². The molecular weight excluding hydrogens is 742 g/mol. The van der Waals surface area contributed by atoms with Crippen molar-refractivity contribution < 1.29 is 33.4 Å². The Hall–Kier alpha value is -6.52. The lowest BCUT2D eigenvalue weighted by Crippen LogP contribution is -2.53. The van der Waals surface area contributed by atoms with E-state index in [1.807, 2.05) is 60.7 Å². The van der Waals surface area contributed by atoms with Gasteiger partial charge in [0, 0.05) is 28.1 Å². The Kier molecular flexibility index (Phi) is 7.98. The minimum atomic E-state index is -1.52. The summed E-state index contributed by atoms with van der Waals surface area (Å²) < 4.78 is 11.4. The summed E-state index contributed by atoms with van der Waals surface area (Å²) in [7, 11) is 1.50. The predicted octanol–water partition coefficient (Wildman–Crippen LogP) is 8.23. The summed E-state index contributed by atoms with van der Waals surface area (Å²) in [6.07, 6.45) is 2.33. The van der Waals surface area contributed by atoms with Crippen LogP contribution in [0.1, 0.15) is 29.9 Å². The second-order valence-electron chi connectivity index (χ2n) is 15.1. The number of amides is 4. The number of hydrogen-bond acceptors (Lipinski definition) is 8. The Labute approximate surface area is 331 Å². The van der Waals surface area contributed by atoms with E-state index in [0.29, 0.717) is 50.3 Å². The molecule has 10 nitrogen and oxygen atoms in total. The normalized spacial score (nSPS) is 25.4. The van der Waals surface area contributed by atoms with Gasteiger partial charge in [0.1, 0.15) is 17.0 Å². The quantitative estimate of drug-likeness (QED) is 0.132. The number of imide groups is 2. The number of fused-ring (bicyclic) bond motifs is 5. The van der Waals surface area contributed by atoms with Crippen molar-refractivity contribution in [2.75, 3.05) is 16.9 Å². The summed E-state index contributed by atoms with van der Waals surface area (Å²) in [5, 5.41) is 12.1. The number of methoxy groups -OCH3 is 1. The molecule has 3 heterocycles. The number of hydrogen-bond donors (Lipinski definition) is 1.